The molecule has 1 aromatic carbocycles. The fourth-order valence-electron chi connectivity index (χ4n) is 4.58. The molecular weight excluding hydrogens is 400 g/mol. The fraction of sp³-hybridized carbons (Fsp3) is 0.409. The second kappa shape index (κ2) is 7.68. The van der Waals surface area contributed by atoms with Crippen molar-refractivity contribution in [2.75, 3.05) is 38.2 Å². The Morgan fingerprint density at radius 3 is 2.87 bits per heavy atom. The normalized spacial score (nSPS) is 22.2. The Morgan fingerprint density at radius 2 is 2.10 bits per heavy atom. The van der Waals surface area contributed by atoms with Crippen LogP contribution in [0.2, 0.25) is 0 Å². The van der Waals surface area contributed by atoms with Crippen LogP contribution in [-0.4, -0.2) is 56.8 Å². The summed E-state index contributed by atoms with van der Waals surface area (Å²) in [6, 6.07) is 10.8. The first-order valence-electron chi connectivity index (χ1n) is 10.4. The average molecular weight is 427 g/mol. The summed E-state index contributed by atoms with van der Waals surface area (Å²) < 4.78 is 34.1. The van der Waals surface area contributed by atoms with Gasteiger partial charge in [-0.25, -0.2) is 12.4 Å². The van der Waals surface area contributed by atoms with Crippen LogP contribution in [0.25, 0.3) is 11.0 Å². The summed E-state index contributed by atoms with van der Waals surface area (Å²) >= 11 is 0. The van der Waals surface area contributed by atoms with Gasteiger partial charge < -0.3 is 15.0 Å². The van der Waals surface area contributed by atoms with Gasteiger partial charge in [0.2, 0.25) is 0 Å². The molecule has 0 saturated carbocycles. The molecule has 2 saturated heterocycles. The summed E-state index contributed by atoms with van der Waals surface area (Å²) in [5.41, 5.74) is 3.31. The van der Waals surface area contributed by atoms with Crippen molar-refractivity contribution in [3.8, 4) is 0 Å². The molecule has 5 rings (SSSR count). The van der Waals surface area contributed by atoms with Gasteiger partial charge in [-0.05, 0) is 49.7 Å². The van der Waals surface area contributed by atoms with Gasteiger partial charge in [0, 0.05) is 56.3 Å². The van der Waals surface area contributed by atoms with E-state index in [1.54, 1.807) is 37.7 Å². The molecular formula is C22H26N4O3S. The maximum absolute atomic E-state index is 13.6. The SMILES string of the molecule is CO[C@H]1CCN(c2cccc(S(=O)(=O)n3cc([C@H]4CCNC4)c4ncccc43)c2)C1. The maximum atomic E-state index is 13.6. The minimum atomic E-state index is -3.75. The third kappa shape index (κ3) is 3.29. The van der Waals surface area contributed by atoms with Crippen LogP contribution in [0.15, 0.2) is 53.7 Å². The molecule has 2 aliphatic heterocycles. The zero-order valence-corrected chi connectivity index (χ0v) is 17.8. The van der Waals surface area contributed by atoms with Crippen LogP contribution in [-0.2, 0) is 14.8 Å². The molecule has 2 fully saturated rings. The van der Waals surface area contributed by atoms with Gasteiger partial charge in [0.15, 0.2) is 0 Å². The number of rotatable bonds is 5. The molecule has 0 aliphatic carbocycles. The quantitative estimate of drug-likeness (QED) is 0.676. The van der Waals surface area contributed by atoms with E-state index in [0.29, 0.717) is 5.52 Å². The van der Waals surface area contributed by atoms with Crippen molar-refractivity contribution in [3.63, 3.8) is 0 Å². The van der Waals surface area contributed by atoms with Crippen molar-refractivity contribution < 1.29 is 13.2 Å². The van der Waals surface area contributed by atoms with E-state index in [1.165, 1.54) is 3.97 Å². The summed E-state index contributed by atoms with van der Waals surface area (Å²) in [6.45, 7) is 3.42. The fourth-order valence-corrected chi connectivity index (χ4v) is 5.99. The number of aromatic nitrogens is 2. The van der Waals surface area contributed by atoms with Crippen LogP contribution < -0.4 is 10.2 Å². The minimum absolute atomic E-state index is 0.187. The van der Waals surface area contributed by atoms with Crippen LogP contribution in [0.5, 0.6) is 0 Å². The van der Waals surface area contributed by atoms with E-state index in [1.807, 2.05) is 18.2 Å². The summed E-state index contributed by atoms with van der Waals surface area (Å²) in [5, 5.41) is 3.36. The number of nitrogens with one attached hydrogen (secondary N) is 1. The Labute approximate surface area is 176 Å². The van der Waals surface area contributed by atoms with E-state index >= 15 is 0 Å². The van der Waals surface area contributed by atoms with Crippen LogP contribution in [0.4, 0.5) is 5.69 Å². The zero-order valence-electron chi connectivity index (χ0n) is 17.0. The molecule has 8 heteroatoms. The predicted molar refractivity (Wildman–Crippen MR) is 117 cm³/mol. The molecule has 0 unspecified atom stereocenters. The number of nitrogens with zero attached hydrogens (tertiary/aromatic N) is 3. The highest BCUT2D eigenvalue weighted by Gasteiger charge is 2.28. The first-order valence-corrected chi connectivity index (χ1v) is 11.8. The Morgan fingerprint density at radius 1 is 1.20 bits per heavy atom. The van der Waals surface area contributed by atoms with E-state index < -0.39 is 10.0 Å². The van der Waals surface area contributed by atoms with Gasteiger partial charge in [-0.3, -0.25) is 4.98 Å². The molecule has 158 valence electrons. The lowest BCUT2D eigenvalue weighted by atomic mass is 10.0. The first kappa shape index (κ1) is 19.5. The third-order valence-electron chi connectivity index (χ3n) is 6.27. The average Bonchev–Trinajstić information content (AvgIpc) is 3.53. The highest BCUT2D eigenvalue weighted by atomic mass is 32.2. The lowest BCUT2D eigenvalue weighted by Gasteiger charge is -2.19. The van der Waals surface area contributed by atoms with Crippen molar-refractivity contribution in [3.05, 3.63) is 54.4 Å². The Bertz CT molecular complexity index is 1170. The van der Waals surface area contributed by atoms with E-state index in [2.05, 4.69) is 15.2 Å². The highest BCUT2D eigenvalue weighted by molar-refractivity contribution is 7.90. The molecule has 0 amide bonds. The Kier molecular flexibility index (Phi) is 5.00. The summed E-state index contributed by atoms with van der Waals surface area (Å²) in [5.74, 6) is 0.278. The standard InChI is InChI=1S/C22H26N4O3S/c1-29-18-8-11-25(14-18)17-4-2-5-19(12-17)30(27,28)26-15-20(16-7-10-23-13-16)22-21(26)6-3-9-24-22/h2-6,9,12,15-16,18,23H,7-8,10-11,13-14H2,1H3/t16-,18-/m0/s1. The van der Waals surface area contributed by atoms with Crippen molar-refractivity contribution in [2.24, 2.45) is 0 Å². The lowest BCUT2D eigenvalue weighted by Crippen LogP contribution is -2.22. The van der Waals surface area contributed by atoms with Crippen molar-refractivity contribution in [1.29, 1.82) is 0 Å². The molecule has 0 bridgehead atoms. The largest absolute Gasteiger partial charge is 0.380 e. The van der Waals surface area contributed by atoms with Gasteiger partial charge in [0.1, 0.15) is 0 Å². The van der Waals surface area contributed by atoms with E-state index in [9.17, 15) is 8.42 Å². The minimum Gasteiger partial charge on any atom is -0.380 e. The van der Waals surface area contributed by atoms with Crippen molar-refractivity contribution in [2.45, 2.75) is 29.8 Å². The number of pyridine rings is 1. The number of fused-ring (bicyclic) bond motifs is 1. The molecule has 4 heterocycles. The summed E-state index contributed by atoms with van der Waals surface area (Å²) in [7, 11) is -2.03. The number of hydrogen-bond donors (Lipinski definition) is 1. The van der Waals surface area contributed by atoms with Gasteiger partial charge in [-0.2, -0.15) is 0 Å². The number of benzene rings is 1. The second-order valence-corrected chi connectivity index (χ2v) is 9.85. The topological polar surface area (TPSA) is 76.5 Å². The number of hydrogen-bond acceptors (Lipinski definition) is 6. The van der Waals surface area contributed by atoms with Gasteiger partial charge in [0.25, 0.3) is 10.0 Å². The molecule has 0 spiro atoms. The molecule has 2 aliphatic rings. The van der Waals surface area contributed by atoms with Gasteiger partial charge in [0.05, 0.1) is 22.0 Å². The maximum Gasteiger partial charge on any atom is 0.268 e. The number of anilines is 1. The molecule has 2 atom stereocenters. The second-order valence-electron chi connectivity index (χ2n) is 8.04. The van der Waals surface area contributed by atoms with Gasteiger partial charge in [-0.1, -0.05) is 6.07 Å². The predicted octanol–water partition coefficient (Wildman–Crippen LogP) is 2.58. The van der Waals surface area contributed by atoms with Crippen LogP contribution in [0.1, 0.15) is 24.3 Å². The van der Waals surface area contributed by atoms with E-state index in [4.69, 9.17) is 4.74 Å². The zero-order chi connectivity index (χ0) is 20.7. The van der Waals surface area contributed by atoms with Crippen LogP contribution >= 0.6 is 0 Å². The molecule has 2 aromatic heterocycles. The number of ether oxygens (including phenoxy) is 1. The molecule has 30 heavy (non-hydrogen) atoms. The monoisotopic (exact) mass is 426 g/mol. The summed E-state index contributed by atoms with van der Waals surface area (Å²) in [4.78, 5) is 6.98. The third-order valence-corrected chi connectivity index (χ3v) is 7.94. The first-order chi connectivity index (χ1) is 14.6. The van der Waals surface area contributed by atoms with Crippen molar-refractivity contribution in [1.82, 2.24) is 14.3 Å². The van der Waals surface area contributed by atoms with Crippen molar-refractivity contribution >= 4 is 26.7 Å². The van der Waals surface area contributed by atoms with Gasteiger partial charge >= 0.3 is 0 Å². The molecule has 0 radical (unpaired) electrons. The lowest BCUT2D eigenvalue weighted by molar-refractivity contribution is 0.121. The molecule has 3 aromatic rings. The van der Waals surface area contributed by atoms with Crippen LogP contribution in [0, 0.1) is 0 Å². The van der Waals surface area contributed by atoms with E-state index in [-0.39, 0.29) is 16.9 Å². The highest BCUT2D eigenvalue weighted by Crippen LogP contribution is 2.33. The molecule has 7 nitrogen and oxygen atoms in total. The molecule has 1 N–H and O–H groups in total. The van der Waals surface area contributed by atoms with Crippen LogP contribution in [0.3, 0.4) is 0 Å². The summed E-state index contributed by atoms with van der Waals surface area (Å²) in [6.07, 6.45) is 5.62. The van der Waals surface area contributed by atoms with Gasteiger partial charge in [-0.15, -0.1) is 0 Å². The number of methoxy groups -OCH3 is 1. The Balaban J connectivity index is 1.56. The van der Waals surface area contributed by atoms with E-state index in [0.717, 1.165) is 55.8 Å². The Hall–Kier alpha value is -2.42. The smallest absolute Gasteiger partial charge is 0.268 e.